The molecule has 0 amide bonds. The van der Waals surface area contributed by atoms with Crippen LogP contribution in [-0.2, 0) is 4.79 Å². The molecule has 0 heterocycles. The van der Waals surface area contributed by atoms with Crippen LogP contribution in [0.2, 0.25) is 0 Å². The fourth-order valence-corrected chi connectivity index (χ4v) is 1.09. The van der Waals surface area contributed by atoms with Crippen LogP contribution in [0, 0.1) is 5.92 Å². The minimum atomic E-state index is -1.18. The summed E-state index contributed by atoms with van der Waals surface area (Å²) in [6.07, 6.45) is 1.19. The van der Waals surface area contributed by atoms with Gasteiger partial charge in [0.2, 0.25) is 0 Å². The third-order valence-corrected chi connectivity index (χ3v) is 1.69. The molecular formula is C8H16O3. The Labute approximate surface area is 67.0 Å². The Balaban J connectivity index is 3.56. The topological polar surface area (TPSA) is 57.5 Å². The van der Waals surface area contributed by atoms with Gasteiger partial charge in [0, 0.05) is 0 Å². The van der Waals surface area contributed by atoms with Crippen LogP contribution in [0.3, 0.4) is 0 Å². The molecule has 0 bridgehead atoms. The van der Waals surface area contributed by atoms with Crippen molar-refractivity contribution in [1.29, 1.82) is 0 Å². The van der Waals surface area contributed by atoms with Crippen LogP contribution in [0.25, 0.3) is 0 Å². The number of aliphatic hydroxyl groups is 1. The molecule has 0 saturated heterocycles. The monoisotopic (exact) mass is 160 g/mol. The highest BCUT2D eigenvalue weighted by molar-refractivity contribution is 5.71. The molecule has 0 aromatic carbocycles. The molecule has 66 valence electrons. The third kappa shape index (κ3) is 4.79. The van der Waals surface area contributed by atoms with E-state index in [1.54, 1.807) is 0 Å². The molecular weight excluding hydrogens is 144 g/mol. The summed E-state index contributed by atoms with van der Waals surface area (Å²) >= 11 is 0. The highest BCUT2D eigenvalue weighted by Crippen LogP contribution is 2.12. The third-order valence-electron chi connectivity index (χ3n) is 1.69. The van der Waals surface area contributed by atoms with Gasteiger partial charge in [-0.2, -0.15) is 0 Å². The largest absolute Gasteiger partial charge is 0.479 e. The number of carboxylic acid groups (broad SMARTS) is 1. The van der Waals surface area contributed by atoms with Gasteiger partial charge in [0.25, 0.3) is 0 Å². The van der Waals surface area contributed by atoms with E-state index >= 15 is 0 Å². The molecule has 0 aliphatic rings. The lowest BCUT2D eigenvalue weighted by Crippen LogP contribution is -2.21. The Bertz CT molecular complexity index is 123. The van der Waals surface area contributed by atoms with E-state index in [2.05, 4.69) is 0 Å². The van der Waals surface area contributed by atoms with Gasteiger partial charge >= 0.3 is 5.97 Å². The van der Waals surface area contributed by atoms with E-state index in [1.165, 1.54) is 0 Å². The molecule has 2 atom stereocenters. The molecule has 3 nitrogen and oxygen atoms in total. The van der Waals surface area contributed by atoms with Gasteiger partial charge < -0.3 is 10.2 Å². The molecule has 0 fully saturated rings. The Morgan fingerprint density at radius 1 is 1.55 bits per heavy atom. The zero-order chi connectivity index (χ0) is 8.85. The van der Waals surface area contributed by atoms with Crippen molar-refractivity contribution in [2.45, 2.75) is 39.2 Å². The summed E-state index contributed by atoms with van der Waals surface area (Å²) in [6.45, 7) is 4.00. The van der Waals surface area contributed by atoms with E-state index in [-0.39, 0.29) is 0 Å². The summed E-state index contributed by atoms with van der Waals surface area (Å²) in [6, 6.07) is 0. The van der Waals surface area contributed by atoms with Gasteiger partial charge in [0.05, 0.1) is 0 Å². The Kier molecular flexibility index (Phi) is 4.86. The summed E-state index contributed by atoms with van der Waals surface area (Å²) in [7, 11) is 0. The zero-order valence-electron chi connectivity index (χ0n) is 7.08. The van der Waals surface area contributed by atoms with Gasteiger partial charge in [0.15, 0.2) is 6.10 Å². The van der Waals surface area contributed by atoms with Crippen molar-refractivity contribution in [2.24, 2.45) is 5.92 Å². The summed E-state index contributed by atoms with van der Waals surface area (Å²) in [4.78, 5) is 10.2. The number of rotatable bonds is 5. The molecule has 0 aromatic rings. The Hall–Kier alpha value is -0.570. The molecule has 0 aliphatic carbocycles. The normalized spacial score (nSPS) is 15.9. The van der Waals surface area contributed by atoms with Crippen LogP contribution in [0.4, 0.5) is 0 Å². The molecule has 0 spiro atoms. The first-order chi connectivity index (χ1) is 5.07. The van der Waals surface area contributed by atoms with E-state index < -0.39 is 12.1 Å². The molecule has 11 heavy (non-hydrogen) atoms. The first kappa shape index (κ1) is 10.4. The average Bonchev–Trinajstić information content (AvgIpc) is 1.87. The van der Waals surface area contributed by atoms with Crippen LogP contribution in [0.15, 0.2) is 0 Å². The highest BCUT2D eigenvalue weighted by Gasteiger charge is 2.15. The molecule has 3 heteroatoms. The quantitative estimate of drug-likeness (QED) is 0.636. The second-order valence-electron chi connectivity index (χ2n) is 2.98. The predicted molar refractivity (Wildman–Crippen MR) is 42.3 cm³/mol. The van der Waals surface area contributed by atoms with Crippen LogP contribution in [0.1, 0.15) is 33.1 Å². The van der Waals surface area contributed by atoms with Crippen LogP contribution >= 0.6 is 0 Å². The van der Waals surface area contributed by atoms with Crippen molar-refractivity contribution in [1.82, 2.24) is 0 Å². The SMILES string of the molecule is CCC[C@H](C)C[C@@H](O)C(=O)O. The standard InChI is InChI=1S/C8H16O3/c1-3-4-6(2)5-7(9)8(10)11/h6-7,9H,3-5H2,1-2H3,(H,10,11)/t6-,7+/m0/s1. The minimum Gasteiger partial charge on any atom is -0.479 e. The minimum absolute atomic E-state index is 0.297. The number of hydrogen-bond acceptors (Lipinski definition) is 2. The van der Waals surface area contributed by atoms with Crippen molar-refractivity contribution in [3.63, 3.8) is 0 Å². The number of carbonyl (C=O) groups is 1. The molecule has 0 aliphatic heterocycles. The lowest BCUT2D eigenvalue weighted by atomic mass is 9.99. The summed E-state index contributed by atoms with van der Waals surface area (Å²) in [5.74, 6) is -0.820. The van der Waals surface area contributed by atoms with Gasteiger partial charge in [-0.15, -0.1) is 0 Å². The van der Waals surface area contributed by atoms with Crippen LogP contribution in [0.5, 0.6) is 0 Å². The van der Waals surface area contributed by atoms with Gasteiger partial charge in [0.1, 0.15) is 0 Å². The summed E-state index contributed by atoms with van der Waals surface area (Å²) in [5.41, 5.74) is 0. The van der Waals surface area contributed by atoms with Crippen LogP contribution < -0.4 is 0 Å². The second kappa shape index (κ2) is 5.13. The second-order valence-corrected chi connectivity index (χ2v) is 2.98. The van der Waals surface area contributed by atoms with Crippen LogP contribution in [-0.4, -0.2) is 22.3 Å². The van der Waals surface area contributed by atoms with Gasteiger partial charge in [-0.3, -0.25) is 0 Å². The molecule has 0 radical (unpaired) electrons. The maximum atomic E-state index is 10.2. The first-order valence-corrected chi connectivity index (χ1v) is 3.98. The highest BCUT2D eigenvalue weighted by atomic mass is 16.4. The van der Waals surface area contributed by atoms with Gasteiger partial charge in [-0.1, -0.05) is 26.7 Å². The van der Waals surface area contributed by atoms with Crippen molar-refractivity contribution in [3.05, 3.63) is 0 Å². The van der Waals surface area contributed by atoms with Gasteiger partial charge in [-0.25, -0.2) is 4.79 Å². The molecule has 0 saturated carbocycles. The van der Waals surface area contributed by atoms with Crippen molar-refractivity contribution in [2.75, 3.05) is 0 Å². The summed E-state index contributed by atoms with van der Waals surface area (Å²) in [5, 5.41) is 17.3. The van der Waals surface area contributed by atoms with Crippen molar-refractivity contribution < 1.29 is 15.0 Å². The fourth-order valence-electron chi connectivity index (χ4n) is 1.09. The Morgan fingerprint density at radius 2 is 2.09 bits per heavy atom. The van der Waals surface area contributed by atoms with Crippen molar-refractivity contribution >= 4 is 5.97 Å². The number of aliphatic carboxylic acids is 1. The predicted octanol–water partition coefficient (Wildman–Crippen LogP) is 1.26. The lowest BCUT2D eigenvalue weighted by molar-refractivity contribution is -0.147. The van der Waals surface area contributed by atoms with E-state index in [4.69, 9.17) is 10.2 Å². The first-order valence-electron chi connectivity index (χ1n) is 3.98. The van der Waals surface area contributed by atoms with Crippen molar-refractivity contribution in [3.8, 4) is 0 Å². The van der Waals surface area contributed by atoms with E-state index in [0.717, 1.165) is 12.8 Å². The molecule has 0 rings (SSSR count). The van der Waals surface area contributed by atoms with Gasteiger partial charge in [-0.05, 0) is 12.3 Å². The molecule has 0 aromatic heterocycles. The smallest absolute Gasteiger partial charge is 0.332 e. The number of hydrogen-bond donors (Lipinski definition) is 2. The molecule has 0 unspecified atom stereocenters. The number of carboxylic acids is 1. The lowest BCUT2D eigenvalue weighted by Gasteiger charge is -2.11. The number of aliphatic hydroxyl groups excluding tert-OH is 1. The maximum absolute atomic E-state index is 10.2. The maximum Gasteiger partial charge on any atom is 0.332 e. The summed E-state index contributed by atoms with van der Waals surface area (Å²) < 4.78 is 0. The molecule has 2 N–H and O–H groups in total. The van der Waals surface area contributed by atoms with E-state index in [0.29, 0.717) is 12.3 Å². The fraction of sp³-hybridized carbons (Fsp3) is 0.875. The van der Waals surface area contributed by atoms with E-state index in [1.807, 2.05) is 13.8 Å². The van der Waals surface area contributed by atoms with E-state index in [9.17, 15) is 4.79 Å². The average molecular weight is 160 g/mol. The Morgan fingerprint density at radius 3 is 2.45 bits per heavy atom. The zero-order valence-corrected chi connectivity index (χ0v) is 7.08.